The lowest BCUT2D eigenvalue weighted by atomic mass is 10.0. The fourth-order valence-electron chi connectivity index (χ4n) is 2.22. The van der Waals surface area contributed by atoms with Crippen molar-refractivity contribution in [2.45, 2.75) is 39.3 Å². The van der Waals surface area contributed by atoms with E-state index in [9.17, 15) is 4.79 Å². The van der Waals surface area contributed by atoms with Crippen LogP contribution in [0.15, 0.2) is 18.2 Å². The summed E-state index contributed by atoms with van der Waals surface area (Å²) in [6.45, 7) is 5.79. The molecule has 2 N–H and O–H groups in total. The fraction of sp³-hybridized carbons (Fsp3) is 0.500. The molecule has 1 atom stereocenters. The summed E-state index contributed by atoms with van der Waals surface area (Å²) < 4.78 is 0. The van der Waals surface area contributed by atoms with E-state index in [4.69, 9.17) is 0 Å². The van der Waals surface area contributed by atoms with Gasteiger partial charge < -0.3 is 10.6 Å². The third kappa shape index (κ3) is 2.86. The normalized spacial score (nSPS) is 19.3. The van der Waals surface area contributed by atoms with Crippen molar-refractivity contribution < 1.29 is 4.79 Å². The number of carbonyl (C=O) groups excluding carboxylic acids is 1. The van der Waals surface area contributed by atoms with Crippen LogP contribution in [0.3, 0.4) is 0 Å². The zero-order valence-electron chi connectivity index (χ0n) is 10.5. The molecule has 1 aliphatic heterocycles. The zero-order valence-corrected chi connectivity index (χ0v) is 10.5. The van der Waals surface area contributed by atoms with Gasteiger partial charge in [-0.3, -0.25) is 4.79 Å². The molecule has 0 bridgehead atoms. The summed E-state index contributed by atoms with van der Waals surface area (Å²) in [6, 6.07) is 6.22. The highest BCUT2D eigenvalue weighted by atomic mass is 16.2. The molecular weight excluding hydrogens is 212 g/mol. The predicted molar refractivity (Wildman–Crippen MR) is 68.8 cm³/mol. The maximum atomic E-state index is 11.8. The van der Waals surface area contributed by atoms with Crippen LogP contribution in [0.2, 0.25) is 0 Å². The molecule has 0 spiro atoms. The minimum atomic E-state index is 0.0140. The molecule has 1 saturated heterocycles. The molecular formula is C14H20N2O. The molecule has 3 nitrogen and oxygen atoms in total. The van der Waals surface area contributed by atoms with E-state index in [1.54, 1.807) is 0 Å². The van der Waals surface area contributed by atoms with E-state index in [0.717, 1.165) is 19.4 Å². The fourth-order valence-corrected chi connectivity index (χ4v) is 2.22. The number of aryl methyl sites for hydroxylation is 1. The number of hydrogen-bond acceptors (Lipinski definition) is 2. The number of carbonyl (C=O) groups is 1. The Hall–Kier alpha value is -1.35. The summed E-state index contributed by atoms with van der Waals surface area (Å²) in [5.41, 5.74) is 3.75. The van der Waals surface area contributed by atoms with Crippen molar-refractivity contribution >= 4 is 5.91 Å². The molecule has 0 aromatic heterocycles. The van der Waals surface area contributed by atoms with Crippen LogP contribution in [0.1, 0.15) is 29.5 Å². The molecule has 3 heteroatoms. The third-order valence-corrected chi connectivity index (χ3v) is 3.55. The lowest BCUT2D eigenvalue weighted by Gasteiger charge is -2.13. The first-order valence-electron chi connectivity index (χ1n) is 6.24. The first-order chi connectivity index (χ1) is 8.18. The Bertz CT molecular complexity index is 409. The van der Waals surface area contributed by atoms with Gasteiger partial charge in [0.15, 0.2) is 0 Å². The number of rotatable bonds is 3. The van der Waals surface area contributed by atoms with Crippen LogP contribution in [-0.2, 0) is 11.3 Å². The quantitative estimate of drug-likeness (QED) is 0.832. The number of amides is 1. The summed E-state index contributed by atoms with van der Waals surface area (Å²) in [5, 5.41) is 6.21. The molecule has 2 rings (SSSR count). The second-order valence-electron chi connectivity index (χ2n) is 4.73. The van der Waals surface area contributed by atoms with Gasteiger partial charge in [-0.15, -0.1) is 0 Å². The van der Waals surface area contributed by atoms with Crippen LogP contribution >= 0.6 is 0 Å². The molecule has 1 aromatic carbocycles. The maximum absolute atomic E-state index is 11.8. The van der Waals surface area contributed by atoms with E-state index in [1.807, 2.05) is 6.07 Å². The van der Waals surface area contributed by atoms with Crippen molar-refractivity contribution in [1.29, 1.82) is 0 Å². The summed E-state index contributed by atoms with van der Waals surface area (Å²) in [5.74, 6) is 0.128. The first-order valence-corrected chi connectivity index (χ1v) is 6.24. The number of hydrogen-bond donors (Lipinski definition) is 2. The highest BCUT2D eigenvalue weighted by molar-refractivity contribution is 5.82. The highest BCUT2D eigenvalue weighted by Crippen LogP contribution is 2.12. The highest BCUT2D eigenvalue weighted by Gasteiger charge is 2.21. The second kappa shape index (κ2) is 5.32. The average molecular weight is 232 g/mol. The molecule has 1 fully saturated rings. The van der Waals surface area contributed by atoms with Crippen LogP contribution in [0.4, 0.5) is 0 Å². The SMILES string of the molecule is Cc1cccc(CNC(=O)C2CCCN2)c1C. The van der Waals surface area contributed by atoms with E-state index in [-0.39, 0.29) is 11.9 Å². The molecule has 0 aliphatic carbocycles. The minimum absolute atomic E-state index is 0.0140. The lowest BCUT2D eigenvalue weighted by molar-refractivity contribution is -0.122. The lowest BCUT2D eigenvalue weighted by Crippen LogP contribution is -2.40. The predicted octanol–water partition coefficient (Wildman–Crippen LogP) is 1.67. The van der Waals surface area contributed by atoms with Crippen LogP contribution in [0, 0.1) is 13.8 Å². The van der Waals surface area contributed by atoms with Gasteiger partial charge in [-0.05, 0) is 49.9 Å². The number of benzene rings is 1. The van der Waals surface area contributed by atoms with Crippen LogP contribution in [-0.4, -0.2) is 18.5 Å². The van der Waals surface area contributed by atoms with Crippen LogP contribution < -0.4 is 10.6 Å². The molecule has 92 valence electrons. The molecule has 0 radical (unpaired) electrons. The molecule has 1 unspecified atom stereocenters. The van der Waals surface area contributed by atoms with E-state index in [2.05, 4.69) is 36.6 Å². The van der Waals surface area contributed by atoms with Gasteiger partial charge in [-0.1, -0.05) is 18.2 Å². The molecule has 1 aromatic rings. The Balaban J connectivity index is 1.93. The topological polar surface area (TPSA) is 41.1 Å². The average Bonchev–Trinajstić information content (AvgIpc) is 2.84. The standard InChI is InChI=1S/C14H20N2O/c1-10-5-3-6-12(11(10)2)9-16-14(17)13-7-4-8-15-13/h3,5-6,13,15H,4,7-9H2,1-2H3,(H,16,17). The van der Waals surface area contributed by atoms with E-state index in [0.29, 0.717) is 6.54 Å². The summed E-state index contributed by atoms with van der Waals surface area (Å²) in [4.78, 5) is 11.8. The van der Waals surface area contributed by atoms with Gasteiger partial charge in [0, 0.05) is 6.54 Å². The van der Waals surface area contributed by atoms with Crippen molar-refractivity contribution in [2.24, 2.45) is 0 Å². The largest absolute Gasteiger partial charge is 0.351 e. The van der Waals surface area contributed by atoms with E-state index in [1.165, 1.54) is 16.7 Å². The van der Waals surface area contributed by atoms with Gasteiger partial charge in [-0.25, -0.2) is 0 Å². The maximum Gasteiger partial charge on any atom is 0.237 e. The monoisotopic (exact) mass is 232 g/mol. The smallest absolute Gasteiger partial charge is 0.237 e. The Morgan fingerprint density at radius 1 is 1.47 bits per heavy atom. The zero-order chi connectivity index (χ0) is 12.3. The van der Waals surface area contributed by atoms with Crippen molar-refractivity contribution in [3.05, 3.63) is 34.9 Å². The van der Waals surface area contributed by atoms with Crippen molar-refractivity contribution in [3.63, 3.8) is 0 Å². The van der Waals surface area contributed by atoms with Gasteiger partial charge in [0.2, 0.25) is 5.91 Å². The Kier molecular flexibility index (Phi) is 3.79. The molecule has 0 saturated carbocycles. The van der Waals surface area contributed by atoms with Gasteiger partial charge >= 0.3 is 0 Å². The minimum Gasteiger partial charge on any atom is -0.351 e. The summed E-state index contributed by atoms with van der Waals surface area (Å²) >= 11 is 0. The summed E-state index contributed by atoms with van der Waals surface area (Å²) in [6.07, 6.45) is 2.06. The van der Waals surface area contributed by atoms with Gasteiger partial charge in [-0.2, -0.15) is 0 Å². The molecule has 1 amide bonds. The second-order valence-corrected chi connectivity index (χ2v) is 4.73. The first kappa shape index (κ1) is 12.1. The Morgan fingerprint density at radius 3 is 3.00 bits per heavy atom. The van der Waals surface area contributed by atoms with Crippen LogP contribution in [0.5, 0.6) is 0 Å². The third-order valence-electron chi connectivity index (χ3n) is 3.55. The Morgan fingerprint density at radius 2 is 2.29 bits per heavy atom. The van der Waals surface area contributed by atoms with E-state index < -0.39 is 0 Å². The van der Waals surface area contributed by atoms with Crippen LogP contribution in [0.25, 0.3) is 0 Å². The van der Waals surface area contributed by atoms with Crippen molar-refractivity contribution in [3.8, 4) is 0 Å². The summed E-state index contributed by atoms with van der Waals surface area (Å²) in [7, 11) is 0. The van der Waals surface area contributed by atoms with Gasteiger partial charge in [0.25, 0.3) is 0 Å². The van der Waals surface area contributed by atoms with Crippen molar-refractivity contribution in [1.82, 2.24) is 10.6 Å². The van der Waals surface area contributed by atoms with Gasteiger partial charge in [0.1, 0.15) is 0 Å². The van der Waals surface area contributed by atoms with Gasteiger partial charge in [0.05, 0.1) is 6.04 Å². The Labute approximate surface area is 103 Å². The molecule has 1 heterocycles. The van der Waals surface area contributed by atoms with E-state index >= 15 is 0 Å². The van der Waals surface area contributed by atoms with Crippen molar-refractivity contribution in [2.75, 3.05) is 6.54 Å². The molecule has 1 aliphatic rings. The molecule has 17 heavy (non-hydrogen) atoms. The number of nitrogens with one attached hydrogen (secondary N) is 2.